The van der Waals surface area contributed by atoms with Crippen LogP contribution < -0.4 is 11.5 Å². The highest BCUT2D eigenvalue weighted by Gasteiger charge is 2.25. The zero-order valence-corrected chi connectivity index (χ0v) is 7.63. The molecule has 0 heterocycles. The van der Waals surface area contributed by atoms with E-state index in [4.69, 9.17) is 11.5 Å². The molecule has 70 valence electrons. The van der Waals surface area contributed by atoms with Crippen LogP contribution in [0.15, 0.2) is 0 Å². The van der Waals surface area contributed by atoms with Crippen molar-refractivity contribution in [1.82, 2.24) is 4.90 Å². The van der Waals surface area contributed by atoms with Gasteiger partial charge in [-0.1, -0.05) is 0 Å². The molecule has 0 radical (unpaired) electrons. The summed E-state index contributed by atoms with van der Waals surface area (Å²) >= 11 is 0. The fourth-order valence-corrected chi connectivity index (χ4v) is 0.797. The Morgan fingerprint density at radius 3 is 2.08 bits per heavy atom. The minimum absolute atomic E-state index is 0.0978. The third kappa shape index (κ3) is 3.34. The first-order valence-electron chi connectivity index (χ1n) is 3.58. The molecule has 0 aliphatic heterocycles. The van der Waals surface area contributed by atoms with Crippen molar-refractivity contribution in [3.63, 3.8) is 0 Å². The van der Waals surface area contributed by atoms with Gasteiger partial charge in [0.25, 0.3) is 0 Å². The number of rotatable bonds is 3. The van der Waals surface area contributed by atoms with Crippen LogP contribution in [-0.4, -0.2) is 35.8 Å². The number of amides is 2. The number of carbonyl (C=O) groups excluding carboxylic acids is 2. The molecule has 5 nitrogen and oxygen atoms in total. The molecule has 0 spiro atoms. The summed E-state index contributed by atoms with van der Waals surface area (Å²) in [6.45, 7) is 3.05. The Morgan fingerprint density at radius 1 is 1.42 bits per heavy atom. The third-order valence-electron chi connectivity index (χ3n) is 1.29. The molecule has 12 heavy (non-hydrogen) atoms. The molecule has 0 aromatic rings. The summed E-state index contributed by atoms with van der Waals surface area (Å²) < 4.78 is 0. The number of hydrogen-bond donors (Lipinski definition) is 2. The van der Waals surface area contributed by atoms with Gasteiger partial charge in [-0.3, -0.25) is 9.59 Å². The topological polar surface area (TPSA) is 89.4 Å². The fraction of sp³-hybridized carbons (Fsp3) is 0.714. The van der Waals surface area contributed by atoms with Crippen molar-refractivity contribution in [2.45, 2.75) is 19.4 Å². The van der Waals surface area contributed by atoms with E-state index < -0.39 is 11.4 Å². The van der Waals surface area contributed by atoms with Crippen molar-refractivity contribution in [2.75, 3.05) is 13.6 Å². The van der Waals surface area contributed by atoms with E-state index in [1.807, 2.05) is 0 Å². The van der Waals surface area contributed by atoms with Crippen LogP contribution >= 0.6 is 0 Å². The first kappa shape index (κ1) is 10.9. The lowest BCUT2D eigenvalue weighted by Crippen LogP contribution is -2.51. The molecule has 0 atom stereocenters. The predicted octanol–water partition coefficient (Wildman–Crippen LogP) is -1.33. The largest absolute Gasteiger partial charge is 0.368 e. The van der Waals surface area contributed by atoms with Crippen LogP contribution in [0.4, 0.5) is 0 Å². The molecule has 0 aromatic heterocycles. The standard InChI is InChI=1S/C7H15N3O2/c1-7(2,9)6(12)10(3)4-5(8)11/h4,9H2,1-3H3,(H2,8,11). The third-order valence-corrected chi connectivity index (χ3v) is 1.29. The molecule has 0 saturated heterocycles. The van der Waals surface area contributed by atoms with Gasteiger partial charge in [-0.2, -0.15) is 0 Å². The van der Waals surface area contributed by atoms with Crippen LogP contribution in [0, 0.1) is 0 Å². The Hall–Kier alpha value is -1.10. The highest BCUT2D eigenvalue weighted by molar-refractivity contribution is 5.88. The summed E-state index contributed by atoms with van der Waals surface area (Å²) in [6.07, 6.45) is 0. The minimum Gasteiger partial charge on any atom is -0.368 e. The van der Waals surface area contributed by atoms with Gasteiger partial charge in [-0.15, -0.1) is 0 Å². The van der Waals surface area contributed by atoms with Crippen molar-refractivity contribution >= 4 is 11.8 Å². The highest BCUT2D eigenvalue weighted by Crippen LogP contribution is 2.01. The van der Waals surface area contributed by atoms with Crippen molar-refractivity contribution < 1.29 is 9.59 Å². The van der Waals surface area contributed by atoms with Crippen molar-refractivity contribution in [2.24, 2.45) is 11.5 Å². The highest BCUT2D eigenvalue weighted by atomic mass is 16.2. The quantitative estimate of drug-likeness (QED) is 0.554. The summed E-state index contributed by atoms with van der Waals surface area (Å²) in [6, 6.07) is 0. The number of likely N-dealkylation sites (N-methyl/N-ethyl adjacent to an activating group) is 1. The van der Waals surface area contributed by atoms with Gasteiger partial charge in [0.05, 0.1) is 12.1 Å². The maximum atomic E-state index is 11.3. The van der Waals surface area contributed by atoms with Crippen LogP contribution in [0.5, 0.6) is 0 Å². The normalized spacial score (nSPS) is 11.0. The number of carbonyl (C=O) groups is 2. The Labute approximate surface area is 71.7 Å². The van der Waals surface area contributed by atoms with E-state index in [1.54, 1.807) is 13.8 Å². The Kier molecular flexibility index (Phi) is 3.21. The van der Waals surface area contributed by atoms with E-state index in [2.05, 4.69) is 0 Å². The summed E-state index contributed by atoms with van der Waals surface area (Å²) in [5.41, 5.74) is 9.46. The monoisotopic (exact) mass is 173 g/mol. The average molecular weight is 173 g/mol. The second-order valence-electron chi connectivity index (χ2n) is 3.35. The summed E-state index contributed by atoms with van der Waals surface area (Å²) in [5.74, 6) is -0.851. The smallest absolute Gasteiger partial charge is 0.242 e. The Morgan fingerprint density at radius 2 is 1.83 bits per heavy atom. The lowest BCUT2D eigenvalue weighted by molar-refractivity contribution is -0.137. The SMILES string of the molecule is CN(CC(N)=O)C(=O)C(C)(C)N. The Balaban J connectivity index is 4.21. The van der Waals surface area contributed by atoms with Crippen LogP contribution in [0.3, 0.4) is 0 Å². The molecule has 0 fully saturated rings. The van der Waals surface area contributed by atoms with E-state index >= 15 is 0 Å². The molecular formula is C7H15N3O2. The van der Waals surface area contributed by atoms with Crippen LogP contribution in [-0.2, 0) is 9.59 Å². The van der Waals surface area contributed by atoms with Gasteiger partial charge in [0, 0.05) is 7.05 Å². The van der Waals surface area contributed by atoms with Crippen LogP contribution in [0.25, 0.3) is 0 Å². The van der Waals surface area contributed by atoms with E-state index in [0.717, 1.165) is 0 Å². The molecule has 0 unspecified atom stereocenters. The van der Waals surface area contributed by atoms with E-state index in [1.165, 1.54) is 11.9 Å². The van der Waals surface area contributed by atoms with Crippen molar-refractivity contribution in [1.29, 1.82) is 0 Å². The van der Waals surface area contributed by atoms with E-state index in [-0.39, 0.29) is 12.5 Å². The first-order valence-corrected chi connectivity index (χ1v) is 3.58. The number of nitrogens with zero attached hydrogens (tertiary/aromatic N) is 1. The molecule has 0 aliphatic rings. The predicted molar refractivity (Wildman–Crippen MR) is 45.1 cm³/mol. The molecule has 0 saturated carbocycles. The van der Waals surface area contributed by atoms with Crippen LogP contribution in [0.2, 0.25) is 0 Å². The summed E-state index contributed by atoms with van der Waals surface area (Å²) in [7, 11) is 1.49. The number of nitrogens with two attached hydrogens (primary N) is 2. The molecule has 5 heteroatoms. The number of primary amides is 1. The van der Waals surface area contributed by atoms with Gasteiger partial charge in [0.1, 0.15) is 0 Å². The maximum Gasteiger partial charge on any atom is 0.242 e. The van der Waals surface area contributed by atoms with Gasteiger partial charge in [-0.25, -0.2) is 0 Å². The van der Waals surface area contributed by atoms with Gasteiger partial charge in [0.2, 0.25) is 11.8 Å². The number of hydrogen-bond acceptors (Lipinski definition) is 3. The lowest BCUT2D eigenvalue weighted by atomic mass is 10.1. The first-order chi connectivity index (χ1) is 5.25. The summed E-state index contributed by atoms with van der Waals surface area (Å²) in [5, 5.41) is 0. The van der Waals surface area contributed by atoms with Gasteiger partial charge in [-0.05, 0) is 13.8 Å². The van der Waals surface area contributed by atoms with Crippen molar-refractivity contribution in [3.05, 3.63) is 0 Å². The van der Waals surface area contributed by atoms with E-state index in [9.17, 15) is 9.59 Å². The zero-order valence-electron chi connectivity index (χ0n) is 7.63. The van der Waals surface area contributed by atoms with E-state index in [0.29, 0.717) is 0 Å². The molecule has 0 aliphatic carbocycles. The summed E-state index contributed by atoms with van der Waals surface area (Å²) in [4.78, 5) is 22.9. The van der Waals surface area contributed by atoms with Crippen LogP contribution in [0.1, 0.15) is 13.8 Å². The molecule has 2 amide bonds. The van der Waals surface area contributed by atoms with Gasteiger partial charge < -0.3 is 16.4 Å². The molecule has 0 bridgehead atoms. The maximum absolute atomic E-state index is 11.3. The second kappa shape index (κ2) is 3.53. The average Bonchev–Trinajstić information content (AvgIpc) is 1.82. The minimum atomic E-state index is -0.954. The second-order valence-corrected chi connectivity index (χ2v) is 3.35. The molecule has 0 rings (SSSR count). The van der Waals surface area contributed by atoms with Gasteiger partial charge >= 0.3 is 0 Å². The Bertz CT molecular complexity index is 195. The molecular weight excluding hydrogens is 158 g/mol. The zero-order chi connectivity index (χ0) is 9.94. The fourth-order valence-electron chi connectivity index (χ4n) is 0.797. The molecule has 4 N–H and O–H groups in total. The molecule has 0 aromatic carbocycles. The van der Waals surface area contributed by atoms with Gasteiger partial charge in [0.15, 0.2) is 0 Å². The van der Waals surface area contributed by atoms with Crippen molar-refractivity contribution in [3.8, 4) is 0 Å². The lowest BCUT2D eigenvalue weighted by Gasteiger charge is -2.24.